The van der Waals surface area contributed by atoms with E-state index in [0.717, 1.165) is 11.6 Å². The highest BCUT2D eigenvalue weighted by atomic mass is 35.5. The fourth-order valence-electron chi connectivity index (χ4n) is 3.68. The molecule has 0 fully saturated rings. The van der Waals surface area contributed by atoms with Crippen molar-refractivity contribution >= 4 is 17.6 Å². The van der Waals surface area contributed by atoms with Gasteiger partial charge in [0.15, 0.2) is 0 Å². The van der Waals surface area contributed by atoms with Gasteiger partial charge in [-0.25, -0.2) is 4.39 Å². The van der Waals surface area contributed by atoms with Crippen molar-refractivity contribution in [3.05, 3.63) is 92.1 Å². The number of aryl methyl sites for hydroxylation is 2. The molecular formula is C24H23ClFNO5. The van der Waals surface area contributed by atoms with Crippen LogP contribution in [0.1, 0.15) is 34.7 Å². The Morgan fingerprint density at radius 1 is 1.16 bits per heavy atom. The number of aromatic hydroxyl groups is 2. The predicted octanol–water partition coefficient (Wildman–Crippen LogP) is 4.30. The summed E-state index contributed by atoms with van der Waals surface area (Å²) in [4.78, 5) is 25.6. The third kappa shape index (κ3) is 5.11. The molecule has 1 atom stereocenters. The van der Waals surface area contributed by atoms with Crippen molar-refractivity contribution in [3.8, 4) is 11.5 Å². The average molecular weight is 460 g/mol. The highest BCUT2D eigenvalue weighted by molar-refractivity contribution is 6.31. The molecule has 0 spiro atoms. The van der Waals surface area contributed by atoms with Gasteiger partial charge in [0.2, 0.25) is 0 Å². The largest absolute Gasteiger partial charge is 0.508 e. The Labute approximate surface area is 189 Å². The molecule has 0 radical (unpaired) electrons. The number of halogens is 2. The molecule has 1 heterocycles. The van der Waals surface area contributed by atoms with Gasteiger partial charge < -0.3 is 19.5 Å². The lowest BCUT2D eigenvalue weighted by Gasteiger charge is -2.21. The lowest BCUT2D eigenvalue weighted by atomic mass is 9.88. The molecule has 2 aromatic carbocycles. The number of methoxy groups -OCH3 is 1. The van der Waals surface area contributed by atoms with Gasteiger partial charge in [0.1, 0.15) is 17.3 Å². The molecule has 168 valence electrons. The quantitative estimate of drug-likeness (QED) is 0.514. The van der Waals surface area contributed by atoms with E-state index in [2.05, 4.69) is 0 Å². The summed E-state index contributed by atoms with van der Waals surface area (Å²) < 4.78 is 19.9. The van der Waals surface area contributed by atoms with E-state index in [-0.39, 0.29) is 28.5 Å². The van der Waals surface area contributed by atoms with E-state index >= 15 is 0 Å². The maximum absolute atomic E-state index is 13.6. The molecule has 0 aliphatic carbocycles. The summed E-state index contributed by atoms with van der Waals surface area (Å²) in [5.74, 6) is -2.22. The number of hydrogen-bond donors (Lipinski definition) is 2. The molecule has 32 heavy (non-hydrogen) atoms. The summed E-state index contributed by atoms with van der Waals surface area (Å²) in [7, 11) is 1.22. The standard InChI is InChI=1S/C24H23ClFNO5/c1-14-11-21(29)23(24(31)27(14)10-9-15-3-6-17(28)7-4-15)19(13-22(30)32-2)18-8-5-16(26)12-20(18)25/h3-8,11-12,19,28-29H,9-10,13H2,1-2H3/t19-/m0/s1. The van der Waals surface area contributed by atoms with Crippen LogP contribution in [0.2, 0.25) is 5.02 Å². The first kappa shape index (κ1) is 23.3. The lowest BCUT2D eigenvalue weighted by Crippen LogP contribution is -2.29. The SMILES string of the molecule is COC(=O)C[C@@H](c1ccc(F)cc1Cl)c1c(O)cc(C)n(CCc2ccc(O)cc2)c1=O. The normalized spacial score (nSPS) is 11.9. The number of ether oxygens (including phenoxy) is 1. The number of esters is 1. The third-order valence-corrected chi connectivity index (χ3v) is 5.70. The fraction of sp³-hybridized carbons (Fsp3) is 0.250. The Morgan fingerprint density at radius 3 is 2.47 bits per heavy atom. The number of pyridine rings is 1. The van der Waals surface area contributed by atoms with Crippen LogP contribution in [0.25, 0.3) is 0 Å². The molecule has 0 amide bonds. The topological polar surface area (TPSA) is 88.8 Å². The second-order valence-electron chi connectivity index (χ2n) is 7.46. The van der Waals surface area contributed by atoms with E-state index in [1.165, 1.54) is 29.9 Å². The van der Waals surface area contributed by atoms with E-state index < -0.39 is 23.3 Å². The van der Waals surface area contributed by atoms with Gasteiger partial charge in [-0.05, 0) is 54.8 Å². The summed E-state index contributed by atoms with van der Waals surface area (Å²) in [5.41, 5.74) is 1.30. The summed E-state index contributed by atoms with van der Waals surface area (Å²) in [5, 5.41) is 20.1. The Balaban J connectivity index is 2.07. The molecule has 0 saturated heterocycles. The number of rotatable bonds is 7. The smallest absolute Gasteiger partial charge is 0.306 e. The van der Waals surface area contributed by atoms with Gasteiger partial charge >= 0.3 is 5.97 Å². The first-order valence-corrected chi connectivity index (χ1v) is 10.3. The Hall–Kier alpha value is -3.32. The molecule has 0 aliphatic rings. The minimum atomic E-state index is -0.927. The molecule has 3 aromatic rings. The number of phenols is 1. The van der Waals surface area contributed by atoms with Crippen molar-refractivity contribution in [3.63, 3.8) is 0 Å². The minimum Gasteiger partial charge on any atom is -0.508 e. The second-order valence-corrected chi connectivity index (χ2v) is 7.86. The van der Waals surface area contributed by atoms with E-state index in [0.29, 0.717) is 24.2 Å². The number of nitrogens with zero attached hydrogens (tertiary/aromatic N) is 1. The summed E-state index contributed by atoms with van der Waals surface area (Å²) in [6.45, 7) is 2.01. The van der Waals surface area contributed by atoms with E-state index in [1.807, 2.05) is 0 Å². The first-order valence-electron chi connectivity index (χ1n) is 9.94. The molecule has 1 aromatic heterocycles. The maximum atomic E-state index is 13.6. The van der Waals surface area contributed by atoms with Gasteiger partial charge in [0.25, 0.3) is 5.56 Å². The van der Waals surface area contributed by atoms with Gasteiger partial charge in [-0.3, -0.25) is 9.59 Å². The van der Waals surface area contributed by atoms with Crippen LogP contribution in [0.4, 0.5) is 4.39 Å². The van der Waals surface area contributed by atoms with Crippen LogP contribution >= 0.6 is 11.6 Å². The molecule has 8 heteroatoms. The van der Waals surface area contributed by atoms with Crippen LogP contribution in [-0.4, -0.2) is 27.9 Å². The molecule has 0 saturated carbocycles. The summed E-state index contributed by atoms with van der Waals surface area (Å²) >= 11 is 6.23. The molecular weight excluding hydrogens is 437 g/mol. The summed E-state index contributed by atoms with van der Waals surface area (Å²) in [6, 6.07) is 11.8. The van der Waals surface area contributed by atoms with Crippen molar-refractivity contribution in [2.24, 2.45) is 0 Å². The fourth-order valence-corrected chi connectivity index (χ4v) is 3.98. The lowest BCUT2D eigenvalue weighted by molar-refractivity contribution is -0.140. The van der Waals surface area contributed by atoms with Crippen LogP contribution in [-0.2, 0) is 22.5 Å². The maximum Gasteiger partial charge on any atom is 0.306 e. The molecule has 2 N–H and O–H groups in total. The van der Waals surface area contributed by atoms with E-state index in [4.69, 9.17) is 16.3 Å². The number of benzene rings is 2. The van der Waals surface area contributed by atoms with Gasteiger partial charge in [-0.2, -0.15) is 0 Å². The molecule has 0 aliphatic heterocycles. The zero-order chi connectivity index (χ0) is 23.4. The third-order valence-electron chi connectivity index (χ3n) is 5.37. The number of carbonyl (C=O) groups excluding carboxylic acids is 1. The monoisotopic (exact) mass is 459 g/mol. The molecule has 3 rings (SSSR count). The second kappa shape index (κ2) is 9.87. The minimum absolute atomic E-state index is 0.0137. The number of aromatic nitrogens is 1. The number of hydrogen-bond acceptors (Lipinski definition) is 5. The van der Waals surface area contributed by atoms with Gasteiger partial charge in [-0.1, -0.05) is 29.8 Å². The zero-order valence-corrected chi connectivity index (χ0v) is 18.4. The highest BCUT2D eigenvalue weighted by Crippen LogP contribution is 2.36. The van der Waals surface area contributed by atoms with E-state index in [1.54, 1.807) is 31.2 Å². The Bertz CT molecular complexity index is 1190. The van der Waals surface area contributed by atoms with Crippen LogP contribution in [0.15, 0.2) is 53.3 Å². The first-order chi connectivity index (χ1) is 15.2. The zero-order valence-electron chi connectivity index (χ0n) is 17.6. The van der Waals surface area contributed by atoms with Crippen LogP contribution in [0.3, 0.4) is 0 Å². The van der Waals surface area contributed by atoms with Crippen molar-refractivity contribution in [2.45, 2.75) is 32.2 Å². The van der Waals surface area contributed by atoms with Gasteiger partial charge in [0.05, 0.1) is 19.1 Å². The van der Waals surface area contributed by atoms with Crippen LogP contribution in [0.5, 0.6) is 11.5 Å². The van der Waals surface area contributed by atoms with Crippen molar-refractivity contribution in [1.29, 1.82) is 0 Å². The highest BCUT2D eigenvalue weighted by Gasteiger charge is 2.28. The van der Waals surface area contributed by atoms with Crippen molar-refractivity contribution < 1.29 is 24.1 Å². The van der Waals surface area contributed by atoms with E-state index in [9.17, 15) is 24.2 Å². The van der Waals surface area contributed by atoms with Crippen molar-refractivity contribution in [1.82, 2.24) is 4.57 Å². The van der Waals surface area contributed by atoms with Crippen molar-refractivity contribution in [2.75, 3.05) is 7.11 Å². The molecule has 0 bridgehead atoms. The summed E-state index contributed by atoms with van der Waals surface area (Å²) in [6.07, 6.45) is 0.246. The van der Waals surface area contributed by atoms with Gasteiger partial charge in [-0.15, -0.1) is 0 Å². The Morgan fingerprint density at radius 2 is 1.84 bits per heavy atom. The average Bonchev–Trinajstić information content (AvgIpc) is 2.74. The Kier molecular flexibility index (Phi) is 7.20. The molecule has 6 nitrogen and oxygen atoms in total. The van der Waals surface area contributed by atoms with Crippen LogP contribution < -0.4 is 5.56 Å². The molecule has 0 unspecified atom stereocenters. The van der Waals surface area contributed by atoms with Gasteiger partial charge in [0, 0.05) is 23.2 Å². The van der Waals surface area contributed by atoms with Crippen LogP contribution in [0, 0.1) is 12.7 Å². The number of phenolic OH excluding ortho intramolecular Hbond substituents is 1. The predicted molar refractivity (Wildman–Crippen MR) is 119 cm³/mol. The number of carbonyl (C=O) groups is 1.